The minimum Gasteiger partial charge on any atom is -0.298 e. The predicted octanol–water partition coefficient (Wildman–Crippen LogP) is 4.96. The molecule has 2 aromatic heterocycles. The molecule has 2 heterocycles. The van der Waals surface area contributed by atoms with E-state index < -0.39 is 0 Å². The number of amides is 1. The normalized spacial score (nSPS) is 10.7. The highest BCUT2D eigenvalue weighted by Gasteiger charge is 2.19. The van der Waals surface area contributed by atoms with Crippen molar-refractivity contribution in [3.63, 3.8) is 0 Å². The van der Waals surface area contributed by atoms with E-state index in [4.69, 9.17) is 11.6 Å². The van der Waals surface area contributed by atoms with Crippen LogP contribution in [0.3, 0.4) is 0 Å². The maximum absolute atomic E-state index is 12.8. The molecule has 1 N–H and O–H groups in total. The Morgan fingerprint density at radius 1 is 1.11 bits per heavy atom. The van der Waals surface area contributed by atoms with E-state index in [0.29, 0.717) is 28.0 Å². The van der Waals surface area contributed by atoms with Crippen LogP contribution in [0.1, 0.15) is 15.9 Å². The highest BCUT2D eigenvalue weighted by atomic mass is 35.5. The molecule has 0 aliphatic heterocycles. The molecule has 0 radical (unpaired) electrons. The molecule has 0 unspecified atom stereocenters. The monoisotopic (exact) mass is 394 g/mol. The molecular weight excluding hydrogens is 380 g/mol. The van der Waals surface area contributed by atoms with Crippen molar-refractivity contribution in [3.8, 4) is 11.3 Å². The molecule has 4 rings (SSSR count). The number of rotatable bonds is 5. The first-order valence-corrected chi connectivity index (χ1v) is 9.53. The number of hydrogen-bond donors (Lipinski definition) is 1. The fourth-order valence-electron chi connectivity index (χ4n) is 2.73. The van der Waals surface area contributed by atoms with Crippen LogP contribution in [0.4, 0.5) is 5.13 Å². The highest BCUT2D eigenvalue weighted by molar-refractivity contribution is 7.13. The van der Waals surface area contributed by atoms with Crippen molar-refractivity contribution < 1.29 is 4.79 Å². The Kier molecular flexibility index (Phi) is 5.00. The van der Waals surface area contributed by atoms with Crippen molar-refractivity contribution >= 4 is 34.0 Å². The SMILES string of the molecule is O=C(Nc1nccs1)c1cn(Cc2ccccc2Cl)nc1-c1ccccc1. The third-order valence-electron chi connectivity index (χ3n) is 4.00. The summed E-state index contributed by atoms with van der Waals surface area (Å²) in [5.74, 6) is -0.241. The van der Waals surface area contributed by atoms with Gasteiger partial charge in [-0.3, -0.25) is 14.8 Å². The number of aromatic nitrogens is 3. The number of anilines is 1. The molecule has 5 nitrogen and oxygen atoms in total. The Balaban J connectivity index is 1.71. The number of nitrogens with zero attached hydrogens (tertiary/aromatic N) is 3. The van der Waals surface area contributed by atoms with Crippen LogP contribution in [0.2, 0.25) is 5.02 Å². The van der Waals surface area contributed by atoms with Crippen molar-refractivity contribution in [1.29, 1.82) is 0 Å². The van der Waals surface area contributed by atoms with E-state index in [1.165, 1.54) is 11.3 Å². The van der Waals surface area contributed by atoms with Crippen LogP contribution < -0.4 is 5.32 Å². The molecule has 0 bridgehead atoms. The number of carbonyl (C=O) groups is 1. The molecule has 0 aliphatic carbocycles. The second-order valence-corrected chi connectivity index (χ2v) is 7.14. The van der Waals surface area contributed by atoms with Crippen LogP contribution in [0.25, 0.3) is 11.3 Å². The van der Waals surface area contributed by atoms with Crippen molar-refractivity contribution in [3.05, 3.63) is 88.5 Å². The van der Waals surface area contributed by atoms with Gasteiger partial charge in [-0.1, -0.05) is 60.1 Å². The van der Waals surface area contributed by atoms with Gasteiger partial charge < -0.3 is 0 Å². The lowest BCUT2D eigenvalue weighted by Crippen LogP contribution is -2.12. The summed E-state index contributed by atoms with van der Waals surface area (Å²) in [6, 6.07) is 17.2. The summed E-state index contributed by atoms with van der Waals surface area (Å²) in [6.07, 6.45) is 3.40. The standard InChI is InChI=1S/C20H15ClN4OS/c21-17-9-5-4-8-15(17)12-25-13-16(19(26)23-20-22-10-11-27-20)18(24-25)14-6-2-1-3-7-14/h1-11,13H,12H2,(H,22,23,26). The van der Waals surface area contributed by atoms with Crippen LogP contribution in [-0.2, 0) is 6.54 Å². The van der Waals surface area contributed by atoms with Gasteiger partial charge in [-0.25, -0.2) is 4.98 Å². The van der Waals surface area contributed by atoms with Gasteiger partial charge in [0.05, 0.1) is 12.1 Å². The van der Waals surface area contributed by atoms with Gasteiger partial charge in [0.15, 0.2) is 5.13 Å². The Morgan fingerprint density at radius 2 is 1.89 bits per heavy atom. The number of benzene rings is 2. The van der Waals surface area contributed by atoms with E-state index in [1.54, 1.807) is 17.1 Å². The first-order valence-electron chi connectivity index (χ1n) is 8.28. The minimum atomic E-state index is -0.241. The molecule has 0 fully saturated rings. The average molecular weight is 395 g/mol. The van der Waals surface area contributed by atoms with Gasteiger partial charge in [0.25, 0.3) is 5.91 Å². The Hall–Kier alpha value is -2.96. The third-order valence-corrected chi connectivity index (χ3v) is 5.05. The van der Waals surface area contributed by atoms with Crippen molar-refractivity contribution in [1.82, 2.24) is 14.8 Å². The summed E-state index contributed by atoms with van der Waals surface area (Å²) < 4.78 is 1.74. The summed E-state index contributed by atoms with van der Waals surface area (Å²) in [6.45, 7) is 0.476. The van der Waals surface area contributed by atoms with Crippen molar-refractivity contribution in [2.24, 2.45) is 0 Å². The molecule has 2 aromatic carbocycles. The number of nitrogens with one attached hydrogen (secondary N) is 1. The summed E-state index contributed by atoms with van der Waals surface area (Å²) in [7, 11) is 0. The van der Waals surface area contributed by atoms with E-state index in [1.807, 2.05) is 60.0 Å². The maximum Gasteiger partial charge on any atom is 0.261 e. The average Bonchev–Trinajstić information content (AvgIpc) is 3.34. The molecule has 134 valence electrons. The summed E-state index contributed by atoms with van der Waals surface area (Å²) in [4.78, 5) is 16.9. The zero-order valence-electron chi connectivity index (χ0n) is 14.2. The fourth-order valence-corrected chi connectivity index (χ4v) is 3.45. The largest absolute Gasteiger partial charge is 0.298 e. The summed E-state index contributed by atoms with van der Waals surface area (Å²) >= 11 is 7.64. The topological polar surface area (TPSA) is 59.8 Å². The minimum absolute atomic E-state index is 0.241. The van der Waals surface area contributed by atoms with Crippen molar-refractivity contribution in [2.75, 3.05) is 5.32 Å². The van der Waals surface area contributed by atoms with Crippen LogP contribution in [0, 0.1) is 0 Å². The van der Waals surface area contributed by atoms with E-state index in [0.717, 1.165) is 11.1 Å². The molecule has 0 spiro atoms. The van der Waals surface area contributed by atoms with Crippen LogP contribution >= 0.6 is 22.9 Å². The first kappa shape index (κ1) is 17.5. The van der Waals surface area contributed by atoms with E-state index in [-0.39, 0.29) is 5.91 Å². The Morgan fingerprint density at radius 3 is 2.63 bits per heavy atom. The molecule has 0 aliphatic rings. The molecule has 0 saturated carbocycles. The number of thiazole rings is 1. The van der Waals surface area contributed by atoms with Crippen LogP contribution in [0.15, 0.2) is 72.4 Å². The van der Waals surface area contributed by atoms with Gasteiger partial charge in [-0.2, -0.15) is 5.10 Å². The maximum atomic E-state index is 12.8. The summed E-state index contributed by atoms with van der Waals surface area (Å²) in [5, 5.41) is 10.5. The molecule has 0 saturated heterocycles. The molecule has 4 aromatic rings. The van der Waals surface area contributed by atoms with Gasteiger partial charge in [0.2, 0.25) is 0 Å². The summed E-state index contributed by atoms with van der Waals surface area (Å²) in [5.41, 5.74) is 2.92. The number of hydrogen-bond acceptors (Lipinski definition) is 4. The van der Waals surface area contributed by atoms with Gasteiger partial charge in [-0.05, 0) is 11.6 Å². The van der Waals surface area contributed by atoms with E-state index in [9.17, 15) is 4.79 Å². The van der Waals surface area contributed by atoms with E-state index >= 15 is 0 Å². The van der Waals surface area contributed by atoms with Gasteiger partial charge in [-0.15, -0.1) is 11.3 Å². The predicted molar refractivity (Wildman–Crippen MR) is 108 cm³/mol. The lowest BCUT2D eigenvalue weighted by molar-refractivity contribution is 0.102. The van der Waals surface area contributed by atoms with Crippen molar-refractivity contribution in [2.45, 2.75) is 6.54 Å². The van der Waals surface area contributed by atoms with Crippen LogP contribution in [0.5, 0.6) is 0 Å². The quantitative estimate of drug-likeness (QED) is 0.520. The van der Waals surface area contributed by atoms with Gasteiger partial charge >= 0.3 is 0 Å². The first-order chi connectivity index (χ1) is 13.2. The third kappa shape index (κ3) is 3.92. The van der Waals surface area contributed by atoms with E-state index in [2.05, 4.69) is 15.4 Å². The molecule has 27 heavy (non-hydrogen) atoms. The fraction of sp³-hybridized carbons (Fsp3) is 0.0500. The zero-order chi connectivity index (χ0) is 18.6. The molecular formula is C20H15ClN4OS. The molecule has 0 atom stereocenters. The number of halogens is 1. The van der Waals surface area contributed by atoms with Gasteiger partial charge in [0, 0.05) is 28.4 Å². The number of carbonyl (C=O) groups excluding carboxylic acids is 1. The Labute approximate surface area is 165 Å². The smallest absolute Gasteiger partial charge is 0.261 e. The molecule has 1 amide bonds. The highest BCUT2D eigenvalue weighted by Crippen LogP contribution is 2.25. The zero-order valence-corrected chi connectivity index (χ0v) is 15.7. The Bertz CT molecular complexity index is 1060. The lowest BCUT2D eigenvalue weighted by atomic mass is 10.1. The van der Waals surface area contributed by atoms with Gasteiger partial charge in [0.1, 0.15) is 5.69 Å². The lowest BCUT2D eigenvalue weighted by Gasteiger charge is -2.04. The molecule has 7 heteroatoms. The second kappa shape index (κ2) is 7.73. The van der Waals surface area contributed by atoms with Crippen LogP contribution in [-0.4, -0.2) is 20.7 Å². The second-order valence-electron chi connectivity index (χ2n) is 5.84.